The Balaban J connectivity index is 1.49. The van der Waals surface area contributed by atoms with Crippen LogP contribution in [0.25, 0.3) is 6.08 Å². The van der Waals surface area contributed by atoms with Gasteiger partial charge in [-0.05, 0) is 55.3 Å². The monoisotopic (exact) mass is 549 g/mol. The number of hydrogen-bond donors (Lipinski definition) is 1. The minimum absolute atomic E-state index is 0.134. The fraction of sp³-hybridized carbons (Fsp3) is 0.148. The van der Waals surface area contributed by atoms with Gasteiger partial charge in [-0.3, -0.25) is 24.6 Å². The minimum Gasteiger partial charge on any atom is -0.490 e. The second-order valence-corrected chi connectivity index (χ2v) is 9.76. The second-order valence-electron chi connectivity index (χ2n) is 8.09. The van der Waals surface area contributed by atoms with Crippen molar-refractivity contribution in [3.05, 3.63) is 92.9 Å². The Hall–Kier alpha value is -4.22. The van der Waals surface area contributed by atoms with Gasteiger partial charge in [-0.1, -0.05) is 54.3 Å². The molecule has 3 aromatic carbocycles. The highest BCUT2D eigenvalue weighted by Crippen LogP contribution is 2.38. The van der Waals surface area contributed by atoms with Gasteiger partial charge in [0.2, 0.25) is 0 Å². The minimum atomic E-state index is -0.526. The third-order valence-corrected chi connectivity index (χ3v) is 6.74. The number of anilines is 2. The molecule has 0 unspecified atom stereocenters. The number of benzene rings is 3. The Morgan fingerprint density at radius 2 is 1.89 bits per heavy atom. The lowest BCUT2D eigenvalue weighted by atomic mass is 10.1. The van der Waals surface area contributed by atoms with Crippen LogP contribution in [0.4, 0.5) is 17.1 Å². The van der Waals surface area contributed by atoms with Gasteiger partial charge in [0.15, 0.2) is 22.4 Å². The van der Waals surface area contributed by atoms with Crippen LogP contribution >= 0.6 is 24.0 Å². The average molecular weight is 550 g/mol. The summed E-state index contributed by atoms with van der Waals surface area (Å²) in [6.45, 7) is 3.88. The zero-order valence-corrected chi connectivity index (χ0v) is 22.1. The molecule has 0 spiro atoms. The first kappa shape index (κ1) is 26.8. The summed E-state index contributed by atoms with van der Waals surface area (Å²) in [5.41, 5.74) is 2.50. The lowest BCUT2D eigenvalue weighted by molar-refractivity contribution is -0.384. The van der Waals surface area contributed by atoms with E-state index in [2.05, 4.69) is 5.32 Å². The van der Waals surface area contributed by atoms with Crippen molar-refractivity contribution < 1.29 is 24.0 Å². The van der Waals surface area contributed by atoms with Gasteiger partial charge in [-0.25, -0.2) is 0 Å². The van der Waals surface area contributed by atoms with Crippen molar-refractivity contribution >= 4 is 63.3 Å². The summed E-state index contributed by atoms with van der Waals surface area (Å²) in [6.07, 6.45) is 1.66. The summed E-state index contributed by atoms with van der Waals surface area (Å²) in [5.74, 6) is 0.106. The predicted octanol–water partition coefficient (Wildman–Crippen LogP) is 5.73. The molecule has 0 aromatic heterocycles. The first-order valence-corrected chi connectivity index (χ1v) is 12.8. The summed E-state index contributed by atoms with van der Waals surface area (Å²) in [5, 5.41) is 14.0. The zero-order chi connectivity index (χ0) is 27.2. The topological polar surface area (TPSA) is 111 Å². The Labute approximate surface area is 228 Å². The molecule has 11 heteroatoms. The molecule has 4 rings (SSSR count). The van der Waals surface area contributed by atoms with Crippen LogP contribution in [0.5, 0.6) is 11.5 Å². The lowest BCUT2D eigenvalue weighted by Crippen LogP contribution is -2.27. The Morgan fingerprint density at radius 3 is 2.63 bits per heavy atom. The highest BCUT2D eigenvalue weighted by atomic mass is 32.2. The third kappa shape index (κ3) is 6.18. The molecule has 9 nitrogen and oxygen atoms in total. The highest BCUT2D eigenvalue weighted by Gasteiger charge is 2.34. The molecule has 1 aliphatic heterocycles. The van der Waals surface area contributed by atoms with Crippen molar-refractivity contribution in [2.75, 3.05) is 23.4 Å². The van der Waals surface area contributed by atoms with Crippen molar-refractivity contribution in [1.82, 2.24) is 0 Å². The van der Waals surface area contributed by atoms with Gasteiger partial charge in [-0.2, -0.15) is 0 Å². The van der Waals surface area contributed by atoms with Crippen molar-refractivity contribution in [2.45, 2.75) is 13.8 Å². The maximum absolute atomic E-state index is 13.1. The van der Waals surface area contributed by atoms with Crippen LogP contribution < -0.4 is 19.7 Å². The van der Waals surface area contributed by atoms with Crippen LogP contribution in [0, 0.1) is 17.0 Å². The molecule has 38 heavy (non-hydrogen) atoms. The van der Waals surface area contributed by atoms with Crippen LogP contribution in [0.3, 0.4) is 0 Å². The summed E-state index contributed by atoms with van der Waals surface area (Å²) < 4.78 is 11.7. The van der Waals surface area contributed by atoms with Crippen LogP contribution in [-0.2, 0) is 9.59 Å². The van der Waals surface area contributed by atoms with E-state index in [9.17, 15) is 19.7 Å². The first-order valence-electron chi connectivity index (χ1n) is 11.5. The molecule has 0 atom stereocenters. The van der Waals surface area contributed by atoms with Crippen LogP contribution in [0.2, 0.25) is 0 Å². The molecule has 0 radical (unpaired) electrons. The van der Waals surface area contributed by atoms with Gasteiger partial charge in [0.05, 0.1) is 22.1 Å². The fourth-order valence-electron chi connectivity index (χ4n) is 3.63. The smallest absolute Gasteiger partial charge is 0.271 e. The maximum atomic E-state index is 13.1. The van der Waals surface area contributed by atoms with Crippen molar-refractivity contribution in [3.63, 3.8) is 0 Å². The van der Waals surface area contributed by atoms with Gasteiger partial charge in [0.25, 0.3) is 17.5 Å². The van der Waals surface area contributed by atoms with E-state index < -0.39 is 4.92 Å². The summed E-state index contributed by atoms with van der Waals surface area (Å²) in [4.78, 5) is 37.7. The van der Waals surface area contributed by atoms with Gasteiger partial charge >= 0.3 is 0 Å². The molecule has 1 N–H and O–H groups in total. The largest absolute Gasteiger partial charge is 0.490 e. The average Bonchev–Trinajstić information content (AvgIpc) is 3.17. The number of carbonyl (C=O) groups is 2. The highest BCUT2D eigenvalue weighted by molar-refractivity contribution is 8.27. The molecule has 0 aliphatic carbocycles. The molecule has 0 bridgehead atoms. The maximum Gasteiger partial charge on any atom is 0.271 e. The van der Waals surface area contributed by atoms with Crippen molar-refractivity contribution in [1.29, 1.82) is 0 Å². The second kappa shape index (κ2) is 11.9. The van der Waals surface area contributed by atoms with E-state index in [1.54, 1.807) is 30.3 Å². The fourth-order valence-corrected chi connectivity index (χ4v) is 4.93. The van der Waals surface area contributed by atoms with Crippen LogP contribution in [-0.4, -0.2) is 34.3 Å². The third-order valence-electron chi connectivity index (χ3n) is 5.44. The van der Waals surface area contributed by atoms with E-state index in [0.29, 0.717) is 39.9 Å². The number of thioether (sulfide) groups is 1. The Kier molecular flexibility index (Phi) is 8.39. The molecule has 2 amide bonds. The number of ether oxygens (including phenoxy) is 2. The Morgan fingerprint density at radius 1 is 1.11 bits per heavy atom. The number of thiocarbonyl (C=S) groups is 1. The van der Waals surface area contributed by atoms with E-state index in [4.69, 9.17) is 21.7 Å². The van der Waals surface area contributed by atoms with Gasteiger partial charge in [0.1, 0.15) is 0 Å². The standard InChI is InChI=1S/C27H23N3O6S2/c1-3-35-23-13-18(11-12-22(23)36-16-25(31)28-21-10-5-4-7-17(21)2)14-24-26(32)29(27(37)38-24)19-8-6-9-20(15-19)30(33)34/h4-15H,3,16H2,1-2H3,(H,28,31)/b24-14+. The molecule has 3 aromatic rings. The van der Waals surface area contributed by atoms with Crippen molar-refractivity contribution in [3.8, 4) is 11.5 Å². The van der Waals surface area contributed by atoms with E-state index >= 15 is 0 Å². The zero-order valence-electron chi connectivity index (χ0n) is 20.5. The van der Waals surface area contributed by atoms with E-state index in [-0.39, 0.29) is 28.4 Å². The first-order chi connectivity index (χ1) is 18.3. The number of rotatable bonds is 9. The van der Waals surface area contributed by atoms with E-state index in [1.165, 1.54) is 23.1 Å². The molecule has 1 fully saturated rings. The van der Waals surface area contributed by atoms with E-state index in [0.717, 1.165) is 17.3 Å². The normalized spacial score (nSPS) is 14.1. The van der Waals surface area contributed by atoms with Crippen molar-refractivity contribution in [2.24, 2.45) is 0 Å². The number of nitrogens with one attached hydrogen (secondary N) is 1. The van der Waals surface area contributed by atoms with Crippen LogP contribution in [0.1, 0.15) is 18.1 Å². The number of para-hydroxylation sites is 1. The number of aryl methyl sites for hydroxylation is 1. The number of nitro groups is 1. The summed E-state index contributed by atoms with van der Waals surface area (Å²) in [7, 11) is 0. The number of hydrogen-bond acceptors (Lipinski definition) is 8. The summed E-state index contributed by atoms with van der Waals surface area (Å²) >= 11 is 6.48. The molecule has 0 saturated carbocycles. The van der Waals surface area contributed by atoms with Gasteiger partial charge in [0, 0.05) is 17.8 Å². The Bertz CT molecular complexity index is 1460. The molecule has 194 valence electrons. The molecule has 1 aliphatic rings. The quantitative estimate of drug-likeness (QED) is 0.156. The number of non-ortho nitro benzene ring substituents is 1. The van der Waals surface area contributed by atoms with Crippen LogP contribution in [0.15, 0.2) is 71.6 Å². The summed E-state index contributed by atoms with van der Waals surface area (Å²) in [6, 6.07) is 18.3. The lowest BCUT2D eigenvalue weighted by Gasteiger charge is -2.14. The molecule has 1 heterocycles. The SMILES string of the molecule is CCOc1cc(/C=C2/SC(=S)N(c3cccc([N+](=O)[O-])c3)C2=O)ccc1OCC(=O)Nc1ccccc1C. The molecule has 1 saturated heterocycles. The molecular weight excluding hydrogens is 526 g/mol. The van der Waals surface area contributed by atoms with E-state index in [1.807, 2.05) is 38.1 Å². The predicted molar refractivity (Wildman–Crippen MR) is 152 cm³/mol. The van der Waals surface area contributed by atoms with Gasteiger partial charge < -0.3 is 14.8 Å². The number of amides is 2. The number of carbonyl (C=O) groups excluding carboxylic acids is 2. The number of nitrogens with zero attached hydrogens (tertiary/aromatic N) is 2. The molecular formula is C27H23N3O6S2. The number of nitro benzene ring substituents is 1. The van der Waals surface area contributed by atoms with Gasteiger partial charge in [-0.15, -0.1) is 0 Å².